The first-order chi connectivity index (χ1) is 9.42. The van der Waals surface area contributed by atoms with Gasteiger partial charge in [-0.3, -0.25) is 0 Å². The third kappa shape index (κ3) is 3.58. The third-order valence-corrected chi connectivity index (χ3v) is 5.69. The van der Waals surface area contributed by atoms with Crippen LogP contribution in [0.3, 0.4) is 0 Å². The van der Waals surface area contributed by atoms with Crippen molar-refractivity contribution in [3.8, 4) is 0 Å². The number of sulfonamides is 1. The molecule has 1 aliphatic rings. The normalized spacial score (nSPS) is 22.1. The van der Waals surface area contributed by atoms with Gasteiger partial charge < -0.3 is 10.6 Å². The highest BCUT2D eigenvalue weighted by Crippen LogP contribution is 2.17. The van der Waals surface area contributed by atoms with E-state index in [1.807, 2.05) is 38.2 Å². The summed E-state index contributed by atoms with van der Waals surface area (Å²) >= 11 is 0. The molecule has 1 aliphatic heterocycles. The van der Waals surface area contributed by atoms with Crippen LogP contribution in [0.25, 0.3) is 0 Å². The molecule has 6 heteroatoms. The molecule has 1 saturated heterocycles. The molecular formula is C14H23N3O2S. The predicted molar refractivity (Wildman–Crippen MR) is 80.6 cm³/mol. The Kier molecular flexibility index (Phi) is 4.80. The van der Waals surface area contributed by atoms with E-state index >= 15 is 0 Å². The van der Waals surface area contributed by atoms with Crippen molar-refractivity contribution in [1.29, 1.82) is 0 Å². The topological polar surface area (TPSA) is 66.6 Å². The van der Waals surface area contributed by atoms with Crippen LogP contribution in [-0.4, -0.2) is 50.3 Å². The minimum Gasteiger partial charge on any atom is -0.326 e. The standard InChI is InChI=1S/C14H23N3O2S/c1-12-10-16(2)7-8-17(12)20(18,19)11-14-5-3-13(9-15)4-6-14/h3-6,12H,7-11,15H2,1-2H3. The van der Waals surface area contributed by atoms with Gasteiger partial charge >= 0.3 is 0 Å². The van der Waals surface area contributed by atoms with Crippen LogP contribution in [-0.2, 0) is 22.3 Å². The minimum atomic E-state index is -3.25. The van der Waals surface area contributed by atoms with Crippen LogP contribution in [0.2, 0.25) is 0 Å². The summed E-state index contributed by atoms with van der Waals surface area (Å²) in [5.74, 6) is 0.0614. The number of hydrogen-bond acceptors (Lipinski definition) is 4. The molecule has 0 aliphatic carbocycles. The lowest BCUT2D eigenvalue weighted by molar-refractivity contribution is 0.170. The van der Waals surface area contributed by atoms with E-state index in [0.717, 1.165) is 24.2 Å². The Balaban J connectivity index is 2.10. The molecule has 0 spiro atoms. The first-order valence-electron chi connectivity index (χ1n) is 6.88. The number of nitrogens with two attached hydrogens (primary N) is 1. The van der Waals surface area contributed by atoms with E-state index in [0.29, 0.717) is 13.1 Å². The van der Waals surface area contributed by atoms with Crippen molar-refractivity contribution < 1.29 is 8.42 Å². The molecule has 1 heterocycles. The van der Waals surface area contributed by atoms with Crippen molar-refractivity contribution in [3.05, 3.63) is 35.4 Å². The van der Waals surface area contributed by atoms with Crippen LogP contribution < -0.4 is 5.73 Å². The molecule has 0 aromatic heterocycles. The summed E-state index contributed by atoms with van der Waals surface area (Å²) in [7, 11) is -1.23. The summed E-state index contributed by atoms with van der Waals surface area (Å²) in [4.78, 5) is 2.16. The molecule has 1 fully saturated rings. The lowest BCUT2D eigenvalue weighted by Crippen LogP contribution is -2.52. The van der Waals surface area contributed by atoms with Crippen molar-refractivity contribution in [2.75, 3.05) is 26.7 Å². The first-order valence-corrected chi connectivity index (χ1v) is 8.49. The molecule has 1 atom stereocenters. The SMILES string of the molecule is CC1CN(C)CCN1S(=O)(=O)Cc1ccc(CN)cc1. The summed E-state index contributed by atoms with van der Waals surface area (Å²) in [6.07, 6.45) is 0. The highest BCUT2D eigenvalue weighted by molar-refractivity contribution is 7.88. The number of piperazine rings is 1. The first kappa shape index (κ1) is 15.4. The lowest BCUT2D eigenvalue weighted by atomic mass is 10.1. The minimum absolute atomic E-state index is 0.0297. The fraction of sp³-hybridized carbons (Fsp3) is 0.571. The maximum Gasteiger partial charge on any atom is 0.218 e. The second kappa shape index (κ2) is 6.22. The van der Waals surface area contributed by atoms with Gasteiger partial charge in [-0.25, -0.2) is 8.42 Å². The van der Waals surface area contributed by atoms with Crippen LogP contribution in [0, 0.1) is 0 Å². The molecule has 1 unspecified atom stereocenters. The van der Waals surface area contributed by atoms with Gasteiger partial charge in [0.25, 0.3) is 0 Å². The smallest absolute Gasteiger partial charge is 0.218 e. The van der Waals surface area contributed by atoms with E-state index in [9.17, 15) is 8.42 Å². The van der Waals surface area contributed by atoms with Crippen LogP contribution in [0.5, 0.6) is 0 Å². The number of hydrogen-bond donors (Lipinski definition) is 1. The fourth-order valence-electron chi connectivity index (χ4n) is 2.60. The average Bonchev–Trinajstić information content (AvgIpc) is 2.38. The second-order valence-electron chi connectivity index (χ2n) is 5.50. The van der Waals surface area contributed by atoms with E-state index in [4.69, 9.17) is 5.73 Å². The van der Waals surface area contributed by atoms with Gasteiger partial charge in [0, 0.05) is 32.2 Å². The Morgan fingerprint density at radius 2 is 1.80 bits per heavy atom. The number of nitrogens with zero attached hydrogens (tertiary/aromatic N) is 2. The molecule has 1 aromatic carbocycles. The molecule has 0 saturated carbocycles. The largest absolute Gasteiger partial charge is 0.326 e. The fourth-order valence-corrected chi connectivity index (χ4v) is 4.36. The quantitative estimate of drug-likeness (QED) is 0.884. The van der Waals surface area contributed by atoms with Crippen molar-refractivity contribution in [2.45, 2.75) is 25.3 Å². The Bertz CT molecular complexity index is 542. The molecule has 0 bridgehead atoms. The molecule has 0 amide bonds. The molecule has 5 nitrogen and oxygen atoms in total. The van der Waals surface area contributed by atoms with Crippen LogP contribution in [0.1, 0.15) is 18.1 Å². The summed E-state index contributed by atoms with van der Waals surface area (Å²) in [6.45, 7) is 4.58. The van der Waals surface area contributed by atoms with E-state index < -0.39 is 10.0 Å². The van der Waals surface area contributed by atoms with E-state index in [2.05, 4.69) is 4.90 Å². The lowest BCUT2D eigenvalue weighted by Gasteiger charge is -2.37. The summed E-state index contributed by atoms with van der Waals surface area (Å²) in [5.41, 5.74) is 7.37. The zero-order valence-corrected chi connectivity index (χ0v) is 12.9. The maximum atomic E-state index is 12.5. The highest BCUT2D eigenvalue weighted by Gasteiger charge is 2.31. The molecular weight excluding hydrogens is 274 g/mol. The van der Waals surface area contributed by atoms with Crippen LogP contribution >= 0.6 is 0 Å². The number of likely N-dealkylation sites (N-methyl/N-ethyl adjacent to an activating group) is 1. The van der Waals surface area contributed by atoms with Crippen LogP contribution in [0.15, 0.2) is 24.3 Å². The predicted octanol–water partition coefficient (Wildman–Crippen LogP) is 0.611. The van der Waals surface area contributed by atoms with Gasteiger partial charge in [0.05, 0.1) is 5.75 Å². The molecule has 112 valence electrons. The van der Waals surface area contributed by atoms with Crippen molar-refractivity contribution in [1.82, 2.24) is 9.21 Å². The van der Waals surface area contributed by atoms with Gasteiger partial charge in [0.2, 0.25) is 10.0 Å². The monoisotopic (exact) mass is 297 g/mol. The van der Waals surface area contributed by atoms with Gasteiger partial charge in [-0.05, 0) is 25.1 Å². The van der Waals surface area contributed by atoms with Crippen molar-refractivity contribution in [3.63, 3.8) is 0 Å². The molecule has 0 radical (unpaired) electrons. The third-order valence-electron chi connectivity index (χ3n) is 3.73. The second-order valence-corrected chi connectivity index (χ2v) is 7.42. The highest BCUT2D eigenvalue weighted by atomic mass is 32.2. The zero-order valence-electron chi connectivity index (χ0n) is 12.1. The van der Waals surface area contributed by atoms with Crippen LogP contribution in [0.4, 0.5) is 0 Å². The Labute approximate surface area is 121 Å². The Morgan fingerprint density at radius 1 is 1.20 bits per heavy atom. The van der Waals surface area contributed by atoms with Gasteiger partial charge in [-0.2, -0.15) is 4.31 Å². The maximum absolute atomic E-state index is 12.5. The summed E-state index contributed by atoms with van der Waals surface area (Å²) in [6, 6.07) is 7.50. The van der Waals surface area contributed by atoms with Gasteiger partial charge in [-0.1, -0.05) is 24.3 Å². The zero-order chi connectivity index (χ0) is 14.8. The molecule has 20 heavy (non-hydrogen) atoms. The number of rotatable bonds is 4. The van der Waals surface area contributed by atoms with E-state index in [-0.39, 0.29) is 11.8 Å². The summed E-state index contributed by atoms with van der Waals surface area (Å²) in [5, 5.41) is 0. The van der Waals surface area contributed by atoms with E-state index in [1.165, 1.54) is 0 Å². The van der Waals surface area contributed by atoms with Gasteiger partial charge in [0.1, 0.15) is 0 Å². The number of benzene rings is 1. The van der Waals surface area contributed by atoms with Gasteiger partial charge in [-0.15, -0.1) is 0 Å². The van der Waals surface area contributed by atoms with Crippen molar-refractivity contribution in [2.24, 2.45) is 5.73 Å². The van der Waals surface area contributed by atoms with Crippen molar-refractivity contribution >= 4 is 10.0 Å². The Hall–Kier alpha value is -0.950. The van der Waals surface area contributed by atoms with E-state index in [1.54, 1.807) is 4.31 Å². The average molecular weight is 297 g/mol. The molecule has 1 aromatic rings. The molecule has 2 N–H and O–H groups in total. The summed E-state index contributed by atoms with van der Waals surface area (Å²) < 4.78 is 26.6. The molecule has 2 rings (SSSR count). The van der Waals surface area contributed by atoms with Gasteiger partial charge in [0.15, 0.2) is 0 Å². The Morgan fingerprint density at radius 3 is 2.35 bits per heavy atom.